The maximum Gasteiger partial charge on any atom is 0.239 e. The Morgan fingerprint density at radius 1 is 1.29 bits per heavy atom. The fourth-order valence-electron chi connectivity index (χ4n) is 3.01. The average molecular weight is 239 g/mol. The summed E-state index contributed by atoms with van der Waals surface area (Å²) in [6.45, 7) is 1.86. The maximum atomic E-state index is 12.2. The van der Waals surface area contributed by atoms with Crippen molar-refractivity contribution in [3.63, 3.8) is 0 Å². The highest BCUT2D eigenvalue weighted by molar-refractivity contribution is 5.82. The Morgan fingerprint density at radius 2 is 2.00 bits per heavy atom. The standard InChI is InChI=1S/C13H25N3O/c1-15(2)13(7-5-8-13)10-16(3)12(17)11-6-4-9-14-11/h11,14H,4-10H2,1-3H3/t11-/m1/s1. The number of nitrogens with zero attached hydrogens (tertiary/aromatic N) is 2. The van der Waals surface area contributed by atoms with Gasteiger partial charge in [0.05, 0.1) is 6.04 Å². The van der Waals surface area contributed by atoms with Gasteiger partial charge in [-0.2, -0.15) is 0 Å². The van der Waals surface area contributed by atoms with Crippen LogP contribution in [0.3, 0.4) is 0 Å². The zero-order valence-electron chi connectivity index (χ0n) is 11.3. The van der Waals surface area contributed by atoms with Gasteiger partial charge in [0.25, 0.3) is 0 Å². The van der Waals surface area contributed by atoms with Crippen molar-refractivity contribution < 1.29 is 4.79 Å². The smallest absolute Gasteiger partial charge is 0.239 e. The van der Waals surface area contributed by atoms with E-state index in [4.69, 9.17) is 0 Å². The van der Waals surface area contributed by atoms with Crippen LogP contribution in [-0.4, -0.2) is 61.5 Å². The minimum Gasteiger partial charge on any atom is -0.343 e. The number of carbonyl (C=O) groups excluding carboxylic acids is 1. The van der Waals surface area contributed by atoms with Crippen LogP contribution in [-0.2, 0) is 4.79 Å². The van der Waals surface area contributed by atoms with Gasteiger partial charge in [-0.3, -0.25) is 4.79 Å². The first kappa shape index (κ1) is 12.8. The van der Waals surface area contributed by atoms with E-state index >= 15 is 0 Å². The first-order chi connectivity index (χ1) is 8.05. The van der Waals surface area contributed by atoms with Gasteiger partial charge in [-0.05, 0) is 52.7 Å². The predicted molar refractivity (Wildman–Crippen MR) is 68.9 cm³/mol. The van der Waals surface area contributed by atoms with Crippen LogP contribution in [0.25, 0.3) is 0 Å². The molecule has 0 radical (unpaired) electrons. The van der Waals surface area contributed by atoms with E-state index < -0.39 is 0 Å². The normalized spacial score (nSPS) is 26.9. The lowest BCUT2D eigenvalue weighted by atomic mass is 9.75. The van der Waals surface area contributed by atoms with Gasteiger partial charge in [-0.1, -0.05) is 0 Å². The fraction of sp³-hybridized carbons (Fsp3) is 0.923. The summed E-state index contributed by atoms with van der Waals surface area (Å²) >= 11 is 0. The van der Waals surface area contributed by atoms with E-state index in [-0.39, 0.29) is 17.5 Å². The molecule has 1 aliphatic heterocycles. The van der Waals surface area contributed by atoms with Crippen molar-refractivity contribution in [2.24, 2.45) is 0 Å². The fourth-order valence-corrected chi connectivity index (χ4v) is 3.01. The highest BCUT2D eigenvalue weighted by atomic mass is 16.2. The molecule has 0 bridgehead atoms. The van der Waals surface area contributed by atoms with Crippen molar-refractivity contribution >= 4 is 5.91 Å². The number of hydrogen-bond acceptors (Lipinski definition) is 3. The number of carbonyl (C=O) groups is 1. The molecule has 1 heterocycles. The van der Waals surface area contributed by atoms with Gasteiger partial charge in [0.1, 0.15) is 0 Å². The average Bonchev–Trinajstić information content (AvgIpc) is 2.74. The lowest BCUT2D eigenvalue weighted by molar-refractivity contribution is -0.134. The minimum absolute atomic E-state index is 0.0688. The van der Waals surface area contributed by atoms with Crippen LogP contribution >= 0.6 is 0 Å². The van der Waals surface area contributed by atoms with Crippen LogP contribution in [0, 0.1) is 0 Å². The molecule has 98 valence electrons. The summed E-state index contributed by atoms with van der Waals surface area (Å²) in [7, 11) is 6.21. The topological polar surface area (TPSA) is 35.6 Å². The third kappa shape index (κ3) is 2.47. The molecule has 0 aromatic heterocycles. The van der Waals surface area contributed by atoms with Crippen LogP contribution in [0.2, 0.25) is 0 Å². The third-order valence-corrected chi connectivity index (χ3v) is 4.50. The molecule has 2 aliphatic rings. The summed E-state index contributed by atoms with van der Waals surface area (Å²) in [6, 6.07) is 0.0688. The highest BCUT2D eigenvalue weighted by Gasteiger charge is 2.41. The van der Waals surface area contributed by atoms with Crippen molar-refractivity contribution in [2.75, 3.05) is 34.2 Å². The highest BCUT2D eigenvalue weighted by Crippen LogP contribution is 2.36. The monoisotopic (exact) mass is 239 g/mol. The lowest BCUT2D eigenvalue weighted by Crippen LogP contribution is -2.58. The third-order valence-electron chi connectivity index (χ3n) is 4.50. The van der Waals surface area contributed by atoms with E-state index in [0.717, 1.165) is 25.9 Å². The van der Waals surface area contributed by atoms with E-state index in [2.05, 4.69) is 24.3 Å². The molecule has 2 rings (SSSR count). The lowest BCUT2D eigenvalue weighted by Gasteiger charge is -2.49. The van der Waals surface area contributed by atoms with Gasteiger partial charge in [0.2, 0.25) is 5.91 Å². The Bertz CT molecular complexity index is 280. The second-order valence-electron chi connectivity index (χ2n) is 5.82. The zero-order chi connectivity index (χ0) is 12.5. The van der Waals surface area contributed by atoms with E-state index in [1.54, 1.807) is 0 Å². The molecule has 1 atom stereocenters. The molecule has 1 aliphatic carbocycles. The summed E-state index contributed by atoms with van der Waals surface area (Å²) in [5, 5.41) is 3.28. The SMILES string of the molecule is CN(CC1(N(C)C)CCC1)C(=O)[C@H]1CCCN1. The number of nitrogens with one attached hydrogen (secondary N) is 1. The van der Waals surface area contributed by atoms with E-state index in [9.17, 15) is 4.79 Å². The summed E-state index contributed by atoms with van der Waals surface area (Å²) < 4.78 is 0. The number of rotatable bonds is 4. The van der Waals surface area contributed by atoms with Crippen molar-refractivity contribution in [1.82, 2.24) is 15.1 Å². The summed E-state index contributed by atoms with van der Waals surface area (Å²) in [5.41, 5.74) is 0.239. The van der Waals surface area contributed by atoms with Crippen molar-refractivity contribution in [3.05, 3.63) is 0 Å². The molecule has 2 fully saturated rings. The van der Waals surface area contributed by atoms with Crippen molar-refractivity contribution in [3.8, 4) is 0 Å². The van der Waals surface area contributed by atoms with E-state index in [1.165, 1.54) is 19.3 Å². The molecular weight excluding hydrogens is 214 g/mol. The van der Waals surface area contributed by atoms with E-state index in [0.29, 0.717) is 0 Å². The largest absolute Gasteiger partial charge is 0.343 e. The van der Waals surface area contributed by atoms with Gasteiger partial charge in [0, 0.05) is 19.1 Å². The molecule has 1 saturated carbocycles. The Labute approximate surface area is 104 Å². The molecule has 0 aromatic carbocycles. The second-order valence-corrected chi connectivity index (χ2v) is 5.82. The van der Waals surface area contributed by atoms with Gasteiger partial charge < -0.3 is 15.1 Å². The molecule has 0 spiro atoms. The number of amides is 1. The zero-order valence-corrected chi connectivity index (χ0v) is 11.3. The van der Waals surface area contributed by atoms with Gasteiger partial charge >= 0.3 is 0 Å². The Kier molecular flexibility index (Phi) is 3.73. The predicted octanol–water partition coefficient (Wildman–Crippen LogP) is 0.681. The second kappa shape index (κ2) is 4.94. The maximum absolute atomic E-state index is 12.2. The van der Waals surface area contributed by atoms with Crippen LogP contribution in [0.1, 0.15) is 32.1 Å². The minimum atomic E-state index is 0.0688. The Morgan fingerprint density at radius 3 is 2.41 bits per heavy atom. The van der Waals surface area contributed by atoms with Crippen molar-refractivity contribution in [1.29, 1.82) is 0 Å². The first-order valence-corrected chi connectivity index (χ1v) is 6.71. The molecule has 0 unspecified atom stereocenters. The first-order valence-electron chi connectivity index (χ1n) is 6.71. The Balaban J connectivity index is 1.91. The molecule has 1 amide bonds. The van der Waals surface area contributed by atoms with Crippen molar-refractivity contribution in [2.45, 2.75) is 43.7 Å². The molecule has 1 saturated heterocycles. The summed E-state index contributed by atoms with van der Waals surface area (Å²) in [4.78, 5) is 16.5. The van der Waals surface area contributed by atoms with Gasteiger partial charge in [-0.15, -0.1) is 0 Å². The van der Waals surface area contributed by atoms with Gasteiger partial charge in [0.15, 0.2) is 0 Å². The van der Waals surface area contributed by atoms with E-state index in [1.807, 2.05) is 11.9 Å². The quantitative estimate of drug-likeness (QED) is 0.784. The Hall–Kier alpha value is -0.610. The molecular formula is C13H25N3O. The van der Waals surface area contributed by atoms with Gasteiger partial charge in [-0.25, -0.2) is 0 Å². The molecule has 1 N–H and O–H groups in total. The molecule has 4 heteroatoms. The summed E-state index contributed by atoms with van der Waals surface area (Å²) in [6.07, 6.45) is 5.86. The molecule has 17 heavy (non-hydrogen) atoms. The summed E-state index contributed by atoms with van der Waals surface area (Å²) in [5.74, 6) is 0.274. The van der Waals surface area contributed by atoms with Crippen LogP contribution < -0.4 is 5.32 Å². The number of hydrogen-bond donors (Lipinski definition) is 1. The van der Waals surface area contributed by atoms with Crippen LogP contribution in [0.15, 0.2) is 0 Å². The van der Waals surface area contributed by atoms with Crippen LogP contribution in [0.4, 0.5) is 0 Å². The molecule has 4 nitrogen and oxygen atoms in total. The number of likely N-dealkylation sites (N-methyl/N-ethyl adjacent to an activating group) is 2. The molecule has 0 aromatic rings. The van der Waals surface area contributed by atoms with Crippen LogP contribution in [0.5, 0.6) is 0 Å².